The van der Waals surface area contributed by atoms with Crippen molar-refractivity contribution in [3.63, 3.8) is 0 Å². The maximum Gasteiger partial charge on any atom is -0.0280 e. The van der Waals surface area contributed by atoms with E-state index < -0.39 is 0 Å². The van der Waals surface area contributed by atoms with Crippen LogP contribution < -0.4 is 0 Å². The van der Waals surface area contributed by atoms with Gasteiger partial charge >= 0.3 is 0 Å². The van der Waals surface area contributed by atoms with Gasteiger partial charge in [0.1, 0.15) is 0 Å². The van der Waals surface area contributed by atoms with Crippen LogP contribution in [0.3, 0.4) is 0 Å². The smallest absolute Gasteiger partial charge is 0.0280 e. The first kappa shape index (κ1) is 11.6. The molecule has 0 aromatic rings. The minimum absolute atomic E-state index is 0.643. The predicted molar refractivity (Wildman–Crippen MR) is 64.4 cm³/mol. The standard InChI is InChI=1S/C14H24/c1-4-13(3)9-12-14(5-2)10-7-6-8-11-14/h4H,1,3,5-12H2,2H3. The SMILES string of the molecule is C=CC(=C)CCC1(CC)CCCCC1. The van der Waals surface area contributed by atoms with Crippen molar-refractivity contribution in [1.82, 2.24) is 0 Å². The van der Waals surface area contributed by atoms with Crippen LogP contribution in [0.4, 0.5) is 0 Å². The summed E-state index contributed by atoms with van der Waals surface area (Å²) < 4.78 is 0. The molecule has 0 radical (unpaired) electrons. The fourth-order valence-corrected chi connectivity index (χ4v) is 2.61. The minimum atomic E-state index is 0.643. The average Bonchev–Trinajstić information content (AvgIpc) is 2.27. The minimum Gasteiger partial charge on any atom is -0.0988 e. The van der Waals surface area contributed by atoms with Crippen molar-refractivity contribution >= 4 is 0 Å². The molecule has 1 aliphatic carbocycles. The molecule has 0 atom stereocenters. The Balaban J connectivity index is 2.43. The molecule has 1 aliphatic rings. The Hall–Kier alpha value is -0.520. The third kappa shape index (κ3) is 3.01. The lowest BCUT2D eigenvalue weighted by atomic mass is 9.69. The maximum atomic E-state index is 4.00. The third-order valence-electron chi connectivity index (χ3n) is 3.93. The van der Waals surface area contributed by atoms with E-state index in [0.29, 0.717) is 5.41 Å². The molecule has 0 N–H and O–H groups in total. The van der Waals surface area contributed by atoms with Gasteiger partial charge in [-0.15, -0.1) is 0 Å². The van der Waals surface area contributed by atoms with E-state index in [-0.39, 0.29) is 0 Å². The van der Waals surface area contributed by atoms with Gasteiger partial charge in [0.25, 0.3) is 0 Å². The first-order valence-electron chi connectivity index (χ1n) is 6.03. The Morgan fingerprint density at radius 3 is 2.43 bits per heavy atom. The van der Waals surface area contributed by atoms with Crippen LogP contribution in [0.1, 0.15) is 58.3 Å². The highest BCUT2D eigenvalue weighted by molar-refractivity contribution is 5.11. The maximum absolute atomic E-state index is 4.00. The second kappa shape index (κ2) is 5.38. The Morgan fingerprint density at radius 2 is 1.93 bits per heavy atom. The molecule has 0 aliphatic heterocycles. The van der Waals surface area contributed by atoms with Gasteiger partial charge in [0.15, 0.2) is 0 Å². The van der Waals surface area contributed by atoms with Crippen LogP contribution in [-0.2, 0) is 0 Å². The molecule has 0 saturated heterocycles. The van der Waals surface area contributed by atoms with Crippen molar-refractivity contribution < 1.29 is 0 Å². The second-order valence-electron chi connectivity index (χ2n) is 4.78. The van der Waals surface area contributed by atoms with Gasteiger partial charge in [0.2, 0.25) is 0 Å². The van der Waals surface area contributed by atoms with Crippen molar-refractivity contribution in [3.05, 3.63) is 24.8 Å². The van der Waals surface area contributed by atoms with E-state index in [0.717, 1.165) is 6.42 Å². The van der Waals surface area contributed by atoms with Crippen molar-refractivity contribution in [1.29, 1.82) is 0 Å². The van der Waals surface area contributed by atoms with E-state index in [1.165, 1.54) is 50.5 Å². The van der Waals surface area contributed by atoms with Gasteiger partial charge in [-0.05, 0) is 31.1 Å². The molecule has 1 fully saturated rings. The molecule has 1 rings (SSSR count). The third-order valence-corrected chi connectivity index (χ3v) is 3.93. The van der Waals surface area contributed by atoms with E-state index in [1.807, 2.05) is 6.08 Å². The zero-order valence-electron chi connectivity index (χ0n) is 9.65. The largest absolute Gasteiger partial charge is 0.0988 e. The molecule has 80 valence electrons. The lowest BCUT2D eigenvalue weighted by Crippen LogP contribution is -2.23. The summed E-state index contributed by atoms with van der Waals surface area (Å²) in [6.45, 7) is 10.1. The highest BCUT2D eigenvalue weighted by atomic mass is 14.3. The van der Waals surface area contributed by atoms with Gasteiger partial charge in [-0.3, -0.25) is 0 Å². The Morgan fingerprint density at radius 1 is 1.29 bits per heavy atom. The number of hydrogen-bond acceptors (Lipinski definition) is 0. The zero-order chi connectivity index (χ0) is 10.4. The van der Waals surface area contributed by atoms with Crippen LogP contribution in [0.5, 0.6) is 0 Å². The zero-order valence-corrected chi connectivity index (χ0v) is 9.65. The number of rotatable bonds is 5. The van der Waals surface area contributed by atoms with Gasteiger partial charge in [-0.2, -0.15) is 0 Å². The summed E-state index contributed by atoms with van der Waals surface area (Å²) in [5, 5.41) is 0. The highest BCUT2D eigenvalue weighted by Crippen LogP contribution is 2.43. The fourth-order valence-electron chi connectivity index (χ4n) is 2.61. The molecule has 14 heavy (non-hydrogen) atoms. The van der Waals surface area contributed by atoms with E-state index in [4.69, 9.17) is 0 Å². The van der Waals surface area contributed by atoms with E-state index >= 15 is 0 Å². The summed E-state index contributed by atoms with van der Waals surface area (Å²) >= 11 is 0. The molecular formula is C14H24. The van der Waals surface area contributed by atoms with Crippen molar-refractivity contribution in [2.45, 2.75) is 58.3 Å². The molecule has 0 heteroatoms. The quantitative estimate of drug-likeness (QED) is 0.545. The monoisotopic (exact) mass is 192 g/mol. The average molecular weight is 192 g/mol. The molecule has 1 saturated carbocycles. The van der Waals surface area contributed by atoms with Gasteiger partial charge in [-0.25, -0.2) is 0 Å². The number of allylic oxidation sites excluding steroid dienone is 2. The van der Waals surface area contributed by atoms with Crippen LogP contribution in [0.15, 0.2) is 24.8 Å². The van der Waals surface area contributed by atoms with Crippen LogP contribution >= 0.6 is 0 Å². The van der Waals surface area contributed by atoms with Gasteiger partial charge in [-0.1, -0.05) is 57.4 Å². The van der Waals surface area contributed by atoms with Crippen molar-refractivity contribution in [3.8, 4) is 0 Å². The van der Waals surface area contributed by atoms with Crippen molar-refractivity contribution in [2.75, 3.05) is 0 Å². The topological polar surface area (TPSA) is 0 Å². The molecule has 0 amide bonds. The van der Waals surface area contributed by atoms with E-state index in [2.05, 4.69) is 20.1 Å². The van der Waals surface area contributed by atoms with Crippen LogP contribution in [0.25, 0.3) is 0 Å². The molecule has 0 aromatic carbocycles. The highest BCUT2D eigenvalue weighted by Gasteiger charge is 2.29. The normalized spacial score (nSPS) is 20.4. The first-order valence-corrected chi connectivity index (χ1v) is 6.03. The Labute approximate surface area is 89.1 Å². The Bertz CT molecular complexity index is 194. The molecule has 0 spiro atoms. The summed E-state index contributed by atoms with van der Waals surface area (Å²) in [5.41, 5.74) is 1.85. The molecule has 0 unspecified atom stereocenters. The molecule has 0 nitrogen and oxygen atoms in total. The molecule has 0 heterocycles. The van der Waals surface area contributed by atoms with E-state index in [9.17, 15) is 0 Å². The predicted octanol–water partition coefficient (Wildman–Crippen LogP) is 4.87. The molecule has 0 bridgehead atoms. The van der Waals surface area contributed by atoms with Crippen LogP contribution in [0.2, 0.25) is 0 Å². The fraction of sp³-hybridized carbons (Fsp3) is 0.714. The molecular weight excluding hydrogens is 168 g/mol. The number of hydrogen-bond donors (Lipinski definition) is 0. The lowest BCUT2D eigenvalue weighted by Gasteiger charge is -2.36. The summed E-state index contributed by atoms with van der Waals surface area (Å²) in [5.74, 6) is 0. The second-order valence-corrected chi connectivity index (χ2v) is 4.78. The van der Waals surface area contributed by atoms with Crippen LogP contribution in [0, 0.1) is 5.41 Å². The Kier molecular flexibility index (Phi) is 4.44. The molecule has 0 aromatic heterocycles. The van der Waals surface area contributed by atoms with E-state index in [1.54, 1.807) is 0 Å². The lowest BCUT2D eigenvalue weighted by molar-refractivity contribution is 0.166. The van der Waals surface area contributed by atoms with Crippen molar-refractivity contribution in [2.24, 2.45) is 5.41 Å². The summed E-state index contributed by atoms with van der Waals surface area (Å²) in [7, 11) is 0. The van der Waals surface area contributed by atoms with Gasteiger partial charge in [0, 0.05) is 0 Å². The summed E-state index contributed by atoms with van der Waals surface area (Å²) in [6, 6.07) is 0. The van der Waals surface area contributed by atoms with Gasteiger partial charge in [0.05, 0.1) is 0 Å². The van der Waals surface area contributed by atoms with Crippen LogP contribution in [-0.4, -0.2) is 0 Å². The first-order chi connectivity index (χ1) is 6.72. The summed E-state index contributed by atoms with van der Waals surface area (Å²) in [4.78, 5) is 0. The summed E-state index contributed by atoms with van der Waals surface area (Å²) in [6.07, 6.45) is 12.9. The van der Waals surface area contributed by atoms with Gasteiger partial charge < -0.3 is 0 Å².